The normalized spacial score (nSPS) is 14.2. The average Bonchev–Trinajstić information content (AvgIpc) is 2.98. The highest BCUT2D eigenvalue weighted by atomic mass is 14.3. The Bertz CT molecular complexity index is 593. The maximum atomic E-state index is 2.33. The summed E-state index contributed by atoms with van der Waals surface area (Å²) in [5.74, 6) is 0.393. The fraction of sp³-hybridized carbons (Fsp3) is 0.238. The lowest BCUT2D eigenvalue weighted by Crippen LogP contribution is -2.05. The van der Waals surface area contributed by atoms with Crippen molar-refractivity contribution in [3.63, 3.8) is 0 Å². The highest BCUT2D eigenvalue weighted by molar-refractivity contribution is 5.48. The van der Waals surface area contributed by atoms with Crippen LogP contribution in [0.1, 0.15) is 43.2 Å². The molecule has 0 spiro atoms. The third-order valence-corrected chi connectivity index (χ3v) is 4.20. The quantitative estimate of drug-likeness (QED) is 0.639. The summed E-state index contributed by atoms with van der Waals surface area (Å²) in [7, 11) is 0. The van der Waals surface area contributed by atoms with Gasteiger partial charge in [-0.1, -0.05) is 91.7 Å². The van der Waals surface area contributed by atoms with Crippen LogP contribution in [0.25, 0.3) is 0 Å². The summed E-state index contributed by atoms with van der Waals surface area (Å²) in [6, 6.07) is 21.8. The molecule has 0 atom stereocenters. The van der Waals surface area contributed by atoms with Crippen molar-refractivity contribution in [2.24, 2.45) is 0 Å². The fourth-order valence-corrected chi connectivity index (χ4v) is 3.27. The maximum absolute atomic E-state index is 2.33. The summed E-state index contributed by atoms with van der Waals surface area (Å²) in [6.45, 7) is 2.26. The van der Waals surface area contributed by atoms with Crippen molar-refractivity contribution in [1.29, 1.82) is 0 Å². The van der Waals surface area contributed by atoms with E-state index in [9.17, 15) is 0 Å². The van der Waals surface area contributed by atoms with Crippen LogP contribution >= 0.6 is 0 Å². The summed E-state index contributed by atoms with van der Waals surface area (Å²) in [6.07, 6.45) is 8.13. The molecule has 1 aliphatic rings. The first kappa shape index (κ1) is 13.9. The van der Waals surface area contributed by atoms with Crippen molar-refractivity contribution < 1.29 is 0 Å². The standard InChI is InChI=1S/C21H22/c1-2-10-17-15-9-16-20(17)21(18-11-5-3-6-12-18)19-13-7-4-8-14-19/h3-9,11-15,21H,2,10,16H2,1H3. The van der Waals surface area contributed by atoms with Crippen LogP contribution in [-0.4, -0.2) is 0 Å². The zero-order valence-corrected chi connectivity index (χ0v) is 12.6. The molecule has 0 aliphatic heterocycles. The molecule has 0 bridgehead atoms. The zero-order valence-electron chi connectivity index (χ0n) is 12.6. The van der Waals surface area contributed by atoms with Gasteiger partial charge in [0.2, 0.25) is 0 Å². The third-order valence-electron chi connectivity index (χ3n) is 4.20. The first-order valence-corrected chi connectivity index (χ1v) is 7.88. The molecule has 0 aromatic heterocycles. The van der Waals surface area contributed by atoms with Crippen LogP contribution in [0.5, 0.6) is 0 Å². The van der Waals surface area contributed by atoms with Crippen LogP contribution in [0.4, 0.5) is 0 Å². The summed E-state index contributed by atoms with van der Waals surface area (Å²) in [5.41, 5.74) is 5.91. The Hall–Kier alpha value is -2.08. The summed E-state index contributed by atoms with van der Waals surface area (Å²) in [5, 5.41) is 0. The highest BCUT2D eigenvalue weighted by Gasteiger charge is 2.22. The second-order valence-electron chi connectivity index (χ2n) is 5.66. The van der Waals surface area contributed by atoms with Crippen molar-refractivity contribution >= 4 is 0 Å². The SMILES string of the molecule is CCCC1=C(C(c2ccccc2)c2ccccc2)CC=C1. The van der Waals surface area contributed by atoms with E-state index in [1.165, 1.54) is 29.5 Å². The number of allylic oxidation sites excluding steroid dienone is 4. The van der Waals surface area contributed by atoms with Gasteiger partial charge in [-0.15, -0.1) is 0 Å². The highest BCUT2D eigenvalue weighted by Crippen LogP contribution is 2.39. The molecule has 0 N–H and O–H groups in total. The summed E-state index contributed by atoms with van der Waals surface area (Å²) in [4.78, 5) is 0. The van der Waals surface area contributed by atoms with E-state index < -0.39 is 0 Å². The molecule has 0 heterocycles. The molecule has 0 saturated heterocycles. The first-order chi connectivity index (χ1) is 10.4. The molecule has 1 aliphatic carbocycles. The van der Waals surface area contributed by atoms with Gasteiger partial charge in [-0.2, -0.15) is 0 Å². The van der Waals surface area contributed by atoms with Gasteiger partial charge < -0.3 is 0 Å². The largest absolute Gasteiger partial charge is 0.0801 e. The fourth-order valence-electron chi connectivity index (χ4n) is 3.27. The molecule has 21 heavy (non-hydrogen) atoms. The van der Waals surface area contributed by atoms with E-state index in [4.69, 9.17) is 0 Å². The van der Waals surface area contributed by atoms with Gasteiger partial charge in [-0.3, -0.25) is 0 Å². The molecular weight excluding hydrogens is 252 g/mol. The molecule has 0 saturated carbocycles. The molecular formula is C21H22. The van der Waals surface area contributed by atoms with Gasteiger partial charge >= 0.3 is 0 Å². The van der Waals surface area contributed by atoms with E-state index in [1.54, 1.807) is 5.57 Å². The molecule has 3 rings (SSSR count). The van der Waals surface area contributed by atoms with E-state index >= 15 is 0 Å². The van der Waals surface area contributed by atoms with Crippen LogP contribution in [0.2, 0.25) is 0 Å². The monoisotopic (exact) mass is 274 g/mol. The molecule has 0 heteroatoms. The Labute approximate surface area is 127 Å². The number of benzene rings is 2. The molecule has 0 nitrogen and oxygen atoms in total. The third kappa shape index (κ3) is 3.00. The van der Waals surface area contributed by atoms with Gasteiger partial charge in [0.25, 0.3) is 0 Å². The Morgan fingerprint density at radius 1 is 0.857 bits per heavy atom. The van der Waals surface area contributed by atoms with Gasteiger partial charge in [-0.25, -0.2) is 0 Å². The predicted octanol–water partition coefficient (Wildman–Crippen LogP) is 5.88. The van der Waals surface area contributed by atoms with Gasteiger partial charge in [0.15, 0.2) is 0 Å². The van der Waals surface area contributed by atoms with E-state index in [2.05, 4.69) is 79.7 Å². The molecule has 0 fully saturated rings. The Morgan fingerprint density at radius 3 is 1.95 bits per heavy atom. The second-order valence-corrected chi connectivity index (χ2v) is 5.66. The molecule has 2 aromatic rings. The average molecular weight is 274 g/mol. The maximum Gasteiger partial charge on any atom is 0.0307 e. The van der Waals surface area contributed by atoms with Crippen molar-refractivity contribution in [2.45, 2.75) is 32.1 Å². The summed E-state index contributed by atoms with van der Waals surface area (Å²) < 4.78 is 0. The smallest absolute Gasteiger partial charge is 0.0307 e. The van der Waals surface area contributed by atoms with Gasteiger partial charge in [0.1, 0.15) is 0 Å². The zero-order chi connectivity index (χ0) is 14.5. The van der Waals surface area contributed by atoms with Gasteiger partial charge in [-0.05, 0) is 29.5 Å². The molecule has 0 unspecified atom stereocenters. The lowest BCUT2D eigenvalue weighted by atomic mass is 9.82. The van der Waals surface area contributed by atoms with Gasteiger partial charge in [0, 0.05) is 5.92 Å². The van der Waals surface area contributed by atoms with Crippen molar-refractivity contribution in [3.8, 4) is 0 Å². The Kier molecular flexibility index (Phi) is 4.35. The number of rotatable bonds is 5. The van der Waals surface area contributed by atoms with Crippen LogP contribution in [0.15, 0.2) is 84.0 Å². The molecule has 106 valence electrons. The van der Waals surface area contributed by atoms with Crippen LogP contribution in [-0.2, 0) is 0 Å². The van der Waals surface area contributed by atoms with Crippen LogP contribution < -0.4 is 0 Å². The second kappa shape index (κ2) is 6.58. The Balaban J connectivity index is 2.08. The predicted molar refractivity (Wildman–Crippen MR) is 90.4 cm³/mol. The minimum atomic E-state index is 0.393. The van der Waals surface area contributed by atoms with Crippen molar-refractivity contribution in [2.75, 3.05) is 0 Å². The lowest BCUT2D eigenvalue weighted by molar-refractivity contribution is 0.859. The topological polar surface area (TPSA) is 0 Å². The molecule has 0 amide bonds. The molecule has 0 radical (unpaired) electrons. The number of hydrogen-bond acceptors (Lipinski definition) is 0. The van der Waals surface area contributed by atoms with Crippen LogP contribution in [0, 0.1) is 0 Å². The minimum absolute atomic E-state index is 0.393. The lowest BCUT2D eigenvalue weighted by Gasteiger charge is -2.22. The summed E-state index contributed by atoms with van der Waals surface area (Å²) >= 11 is 0. The van der Waals surface area contributed by atoms with Crippen molar-refractivity contribution in [3.05, 3.63) is 95.1 Å². The van der Waals surface area contributed by atoms with Crippen LogP contribution in [0.3, 0.4) is 0 Å². The molecule has 2 aromatic carbocycles. The van der Waals surface area contributed by atoms with E-state index in [0.29, 0.717) is 5.92 Å². The number of hydrogen-bond donors (Lipinski definition) is 0. The van der Waals surface area contributed by atoms with E-state index in [1.807, 2.05) is 0 Å². The van der Waals surface area contributed by atoms with Gasteiger partial charge in [0.05, 0.1) is 0 Å². The van der Waals surface area contributed by atoms with E-state index in [-0.39, 0.29) is 0 Å². The Morgan fingerprint density at radius 2 is 1.43 bits per heavy atom. The van der Waals surface area contributed by atoms with Crippen molar-refractivity contribution in [1.82, 2.24) is 0 Å². The van der Waals surface area contributed by atoms with E-state index in [0.717, 1.165) is 6.42 Å². The first-order valence-electron chi connectivity index (χ1n) is 7.88. The minimum Gasteiger partial charge on any atom is -0.0801 e.